The van der Waals surface area contributed by atoms with Crippen molar-refractivity contribution in [2.45, 2.75) is 6.54 Å². The van der Waals surface area contributed by atoms with Crippen LogP contribution < -0.4 is 14.8 Å². The lowest BCUT2D eigenvalue weighted by Gasteiger charge is -2.34. The van der Waals surface area contributed by atoms with Crippen molar-refractivity contribution in [3.8, 4) is 17.6 Å². The Labute approximate surface area is 157 Å². The molecule has 2 aliphatic rings. The number of carbonyl (C=O) groups is 1. The van der Waals surface area contributed by atoms with Crippen LogP contribution in [0.25, 0.3) is 0 Å². The molecule has 7 heteroatoms. The highest BCUT2D eigenvalue weighted by Crippen LogP contribution is 2.32. The molecule has 0 radical (unpaired) electrons. The molecule has 0 unspecified atom stereocenters. The van der Waals surface area contributed by atoms with Gasteiger partial charge < -0.3 is 19.7 Å². The van der Waals surface area contributed by atoms with E-state index < -0.39 is 0 Å². The van der Waals surface area contributed by atoms with Crippen LogP contribution in [0.15, 0.2) is 42.5 Å². The first-order valence-electron chi connectivity index (χ1n) is 8.89. The summed E-state index contributed by atoms with van der Waals surface area (Å²) in [6, 6.07) is 15.0. The van der Waals surface area contributed by atoms with Gasteiger partial charge in [0.05, 0.1) is 11.3 Å². The number of nitrogens with zero attached hydrogens (tertiary/aromatic N) is 3. The van der Waals surface area contributed by atoms with Crippen molar-refractivity contribution in [3.63, 3.8) is 0 Å². The first kappa shape index (κ1) is 17.2. The highest BCUT2D eigenvalue weighted by molar-refractivity contribution is 5.90. The summed E-state index contributed by atoms with van der Waals surface area (Å²) in [7, 11) is 0. The molecule has 1 saturated heterocycles. The van der Waals surface area contributed by atoms with Gasteiger partial charge in [-0.05, 0) is 29.8 Å². The molecule has 138 valence electrons. The Morgan fingerprint density at radius 1 is 1.07 bits per heavy atom. The van der Waals surface area contributed by atoms with Gasteiger partial charge in [-0.1, -0.05) is 18.2 Å². The number of urea groups is 1. The fourth-order valence-corrected chi connectivity index (χ4v) is 3.29. The fourth-order valence-electron chi connectivity index (χ4n) is 3.29. The Hall–Kier alpha value is -3.24. The van der Waals surface area contributed by atoms with E-state index in [1.54, 1.807) is 29.2 Å². The number of benzene rings is 2. The van der Waals surface area contributed by atoms with Crippen LogP contribution in [-0.4, -0.2) is 48.8 Å². The molecule has 0 saturated carbocycles. The summed E-state index contributed by atoms with van der Waals surface area (Å²) in [6.45, 7) is 3.96. The zero-order chi connectivity index (χ0) is 18.6. The van der Waals surface area contributed by atoms with E-state index in [-0.39, 0.29) is 12.8 Å². The molecule has 0 atom stereocenters. The molecule has 0 bridgehead atoms. The van der Waals surface area contributed by atoms with Crippen molar-refractivity contribution in [1.29, 1.82) is 5.26 Å². The second-order valence-corrected chi connectivity index (χ2v) is 6.54. The van der Waals surface area contributed by atoms with Gasteiger partial charge in [0.25, 0.3) is 0 Å². The number of nitrogens with one attached hydrogen (secondary N) is 1. The zero-order valence-electron chi connectivity index (χ0n) is 14.9. The maximum Gasteiger partial charge on any atom is 0.321 e. The average Bonchev–Trinajstić information content (AvgIpc) is 3.17. The molecule has 0 spiro atoms. The van der Waals surface area contributed by atoms with Gasteiger partial charge in [-0.2, -0.15) is 5.26 Å². The Morgan fingerprint density at radius 3 is 2.67 bits per heavy atom. The quantitative estimate of drug-likeness (QED) is 0.906. The monoisotopic (exact) mass is 364 g/mol. The van der Waals surface area contributed by atoms with E-state index in [0.717, 1.165) is 31.1 Å². The van der Waals surface area contributed by atoms with Crippen LogP contribution in [0.4, 0.5) is 10.5 Å². The molecule has 2 aliphatic heterocycles. The van der Waals surface area contributed by atoms with Gasteiger partial charge in [0.2, 0.25) is 6.79 Å². The smallest absolute Gasteiger partial charge is 0.321 e. The molecular formula is C20H20N4O3. The number of hydrogen-bond acceptors (Lipinski definition) is 5. The Bertz CT molecular complexity index is 885. The van der Waals surface area contributed by atoms with Gasteiger partial charge in [0.15, 0.2) is 11.5 Å². The molecule has 2 amide bonds. The minimum Gasteiger partial charge on any atom is -0.454 e. The van der Waals surface area contributed by atoms with Crippen molar-refractivity contribution in [3.05, 3.63) is 53.6 Å². The number of piperazine rings is 1. The van der Waals surface area contributed by atoms with Gasteiger partial charge >= 0.3 is 6.03 Å². The topological polar surface area (TPSA) is 77.8 Å². The largest absolute Gasteiger partial charge is 0.454 e. The third-order valence-electron chi connectivity index (χ3n) is 4.79. The number of rotatable bonds is 3. The van der Waals surface area contributed by atoms with E-state index in [2.05, 4.69) is 16.3 Å². The number of ether oxygens (including phenoxy) is 2. The highest BCUT2D eigenvalue weighted by Gasteiger charge is 2.22. The number of fused-ring (bicyclic) bond motifs is 1. The summed E-state index contributed by atoms with van der Waals surface area (Å²) >= 11 is 0. The lowest BCUT2D eigenvalue weighted by Crippen LogP contribution is -2.49. The predicted molar refractivity (Wildman–Crippen MR) is 99.6 cm³/mol. The van der Waals surface area contributed by atoms with Crippen molar-refractivity contribution in [2.75, 3.05) is 38.3 Å². The molecule has 1 N–H and O–H groups in total. The fraction of sp³-hybridized carbons (Fsp3) is 0.300. The third-order valence-corrected chi connectivity index (χ3v) is 4.79. The maximum atomic E-state index is 12.5. The second-order valence-electron chi connectivity index (χ2n) is 6.54. The minimum absolute atomic E-state index is 0.166. The van der Waals surface area contributed by atoms with Gasteiger partial charge in [-0.3, -0.25) is 4.90 Å². The Balaban J connectivity index is 1.31. The first-order chi connectivity index (χ1) is 13.2. The number of para-hydroxylation sites is 1. The molecule has 7 nitrogen and oxygen atoms in total. The zero-order valence-corrected chi connectivity index (χ0v) is 14.9. The van der Waals surface area contributed by atoms with Crippen LogP contribution >= 0.6 is 0 Å². The minimum atomic E-state index is -0.166. The van der Waals surface area contributed by atoms with Crippen LogP contribution in [0.3, 0.4) is 0 Å². The van der Waals surface area contributed by atoms with E-state index in [0.29, 0.717) is 24.3 Å². The molecule has 0 aromatic heterocycles. The first-order valence-corrected chi connectivity index (χ1v) is 8.89. The molecule has 4 rings (SSSR count). The van der Waals surface area contributed by atoms with E-state index in [9.17, 15) is 4.79 Å². The van der Waals surface area contributed by atoms with Gasteiger partial charge in [0, 0.05) is 32.7 Å². The van der Waals surface area contributed by atoms with Crippen LogP contribution in [0.5, 0.6) is 11.5 Å². The van der Waals surface area contributed by atoms with Crippen molar-refractivity contribution in [2.24, 2.45) is 0 Å². The van der Waals surface area contributed by atoms with Crippen LogP contribution in [0, 0.1) is 11.3 Å². The molecule has 0 aliphatic carbocycles. The number of amides is 2. The van der Waals surface area contributed by atoms with Crippen LogP contribution in [-0.2, 0) is 6.54 Å². The highest BCUT2D eigenvalue weighted by atomic mass is 16.7. The van der Waals surface area contributed by atoms with E-state index in [4.69, 9.17) is 14.7 Å². The van der Waals surface area contributed by atoms with Crippen LogP contribution in [0.2, 0.25) is 0 Å². The summed E-state index contributed by atoms with van der Waals surface area (Å²) in [4.78, 5) is 16.6. The molecule has 27 heavy (non-hydrogen) atoms. The normalized spacial score (nSPS) is 16.0. The van der Waals surface area contributed by atoms with Crippen molar-refractivity contribution < 1.29 is 14.3 Å². The molecule has 2 aromatic rings. The molecule has 2 heterocycles. The number of hydrogen-bond donors (Lipinski definition) is 1. The number of anilines is 1. The Kier molecular flexibility index (Phi) is 4.81. The lowest BCUT2D eigenvalue weighted by molar-refractivity contribution is 0.143. The molecule has 1 fully saturated rings. The van der Waals surface area contributed by atoms with Gasteiger partial charge in [-0.25, -0.2) is 4.79 Å². The Morgan fingerprint density at radius 2 is 1.85 bits per heavy atom. The molecule has 2 aromatic carbocycles. The van der Waals surface area contributed by atoms with Gasteiger partial charge in [0.1, 0.15) is 6.07 Å². The van der Waals surface area contributed by atoms with Crippen LogP contribution in [0.1, 0.15) is 11.1 Å². The summed E-state index contributed by atoms with van der Waals surface area (Å²) in [5.41, 5.74) is 2.18. The SMILES string of the molecule is N#Cc1ccccc1NC(=O)N1CCN(Cc2ccc3c(c2)OCO3)CC1. The summed E-state index contributed by atoms with van der Waals surface area (Å²) < 4.78 is 10.8. The van der Waals surface area contributed by atoms with Crippen molar-refractivity contribution in [1.82, 2.24) is 9.80 Å². The van der Waals surface area contributed by atoms with Gasteiger partial charge in [-0.15, -0.1) is 0 Å². The number of carbonyl (C=O) groups excluding carboxylic acids is 1. The van der Waals surface area contributed by atoms with E-state index >= 15 is 0 Å². The summed E-state index contributed by atoms with van der Waals surface area (Å²) in [6.07, 6.45) is 0. The predicted octanol–water partition coefficient (Wildman–Crippen LogP) is 2.64. The average molecular weight is 364 g/mol. The van der Waals surface area contributed by atoms with E-state index in [1.165, 1.54) is 5.56 Å². The summed E-state index contributed by atoms with van der Waals surface area (Å²) in [5.74, 6) is 1.58. The van der Waals surface area contributed by atoms with Crippen molar-refractivity contribution >= 4 is 11.7 Å². The molecular weight excluding hydrogens is 344 g/mol. The second kappa shape index (κ2) is 7.56. The third kappa shape index (κ3) is 3.81. The van der Waals surface area contributed by atoms with E-state index in [1.807, 2.05) is 18.2 Å². The maximum absolute atomic E-state index is 12.5. The lowest BCUT2D eigenvalue weighted by atomic mass is 10.1. The summed E-state index contributed by atoms with van der Waals surface area (Å²) in [5, 5.41) is 12.0. The number of nitriles is 1. The standard InChI is InChI=1S/C20H20N4O3/c21-12-16-3-1-2-4-17(16)22-20(25)24-9-7-23(8-10-24)13-15-5-6-18-19(11-15)27-14-26-18/h1-6,11H,7-10,13-14H2,(H,22,25).